The number of amides is 1. The largest absolute Gasteiger partial charge is 0.481 e. The van der Waals surface area contributed by atoms with Gasteiger partial charge in [-0.15, -0.1) is 11.3 Å². The summed E-state index contributed by atoms with van der Waals surface area (Å²) >= 11 is 1.47. The van der Waals surface area contributed by atoms with E-state index in [1.807, 2.05) is 11.4 Å². The number of nitrogens with one attached hydrogen (secondary N) is 2. The quantitative estimate of drug-likeness (QED) is 0.294. The number of aliphatic carboxylic acids is 1. The van der Waals surface area contributed by atoms with Crippen molar-refractivity contribution in [3.05, 3.63) is 41.3 Å². The minimum absolute atomic E-state index is 0.0680. The molecule has 3 aliphatic rings. The van der Waals surface area contributed by atoms with Crippen LogP contribution in [-0.4, -0.2) is 37.7 Å². The summed E-state index contributed by atoms with van der Waals surface area (Å²) in [7, 11) is -3.41. The van der Waals surface area contributed by atoms with Crippen LogP contribution < -0.4 is 10.0 Å². The first-order valence-electron chi connectivity index (χ1n) is 12.1. The van der Waals surface area contributed by atoms with Crippen molar-refractivity contribution in [2.24, 2.45) is 23.2 Å². The van der Waals surface area contributed by atoms with Crippen molar-refractivity contribution >= 4 is 49.0 Å². The third-order valence-electron chi connectivity index (χ3n) is 7.86. The van der Waals surface area contributed by atoms with Gasteiger partial charge in [0, 0.05) is 33.6 Å². The maximum absolute atomic E-state index is 13.5. The number of carboxylic acids is 1. The van der Waals surface area contributed by atoms with Crippen LogP contribution in [-0.2, 0) is 14.8 Å². The van der Waals surface area contributed by atoms with Crippen LogP contribution in [0.25, 0.3) is 10.1 Å². The fourth-order valence-corrected chi connectivity index (χ4v) is 7.32. The summed E-state index contributed by atoms with van der Waals surface area (Å²) in [6.45, 7) is 4.60. The highest BCUT2D eigenvalue weighted by molar-refractivity contribution is 7.92. The average Bonchev–Trinajstić information content (AvgIpc) is 3.18. The van der Waals surface area contributed by atoms with E-state index < -0.39 is 16.0 Å². The van der Waals surface area contributed by atoms with Crippen molar-refractivity contribution < 1.29 is 23.1 Å². The van der Waals surface area contributed by atoms with Gasteiger partial charge in [0.15, 0.2) is 0 Å². The van der Waals surface area contributed by atoms with Gasteiger partial charge in [0.1, 0.15) is 0 Å². The van der Waals surface area contributed by atoms with Crippen molar-refractivity contribution in [2.45, 2.75) is 58.4 Å². The first kappa shape index (κ1) is 25.7. The molecule has 2 bridgehead atoms. The van der Waals surface area contributed by atoms with E-state index in [1.165, 1.54) is 11.3 Å². The van der Waals surface area contributed by atoms with Crippen LogP contribution in [0.3, 0.4) is 0 Å². The summed E-state index contributed by atoms with van der Waals surface area (Å²) in [5, 5.41) is 14.7. The Morgan fingerprint density at radius 1 is 1.23 bits per heavy atom. The molecule has 0 saturated heterocycles. The number of sulfonamides is 1. The summed E-state index contributed by atoms with van der Waals surface area (Å²) in [4.78, 5) is 24.2. The number of benzene rings is 1. The number of hydrogen-bond acceptors (Lipinski definition) is 5. The highest BCUT2D eigenvalue weighted by Gasteiger charge is 2.57. The molecule has 0 aliphatic heterocycles. The number of rotatable bonds is 10. The smallest absolute Gasteiger partial charge is 0.303 e. The molecule has 3 N–H and O–H groups in total. The van der Waals surface area contributed by atoms with E-state index in [1.54, 1.807) is 12.1 Å². The number of thiophene rings is 1. The molecule has 7 nitrogen and oxygen atoms in total. The molecule has 1 aromatic carbocycles. The SMILES string of the molecule is CC1(C)[C@H]2C[C@H](C/C=C\CCCC(=O)O)[C@@H](NC(=O)c3csc4ccc(NS(C)(=O)=O)cc34)[C@@H]1C2. The van der Waals surface area contributed by atoms with Gasteiger partial charge >= 0.3 is 5.97 Å². The number of fused-ring (bicyclic) bond motifs is 3. The van der Waals surface area contributed by atoms with E-state index in [9.17, 15) is 18.0 Å². The maximum atomic E-state index is 13.5. The van der Waals surface area contributed by atoms with Gasteiger partial charge in [-0.2, -0.15) is 0 Å². The molecule has 190 valence electrons. The van der Waals surface area contributed by atoms with E-state index in [-0.39, 0.29) is 23.8 Å². The third kappa shape index (κ3) is 5.72. The summed E-state index contributed by atoms with van der Waals surface area (Å²) in [5.41, 5.74) is 1.21. The lowest BCUT2D eigenvalue weighted by Crippen LogP contribution is -2.63. The normalized spacial score (nSPS) is 25.3. The van der Waals surface area contributed by atoms with E-state index in [0.29, 0.717) is 35.4 Å². The molecule has 3 saturated carbocycles. The lowest BCUT2D eigenvalue weighted by atomic mass is 9.44. The van der Waals surface area contributed by atoms with Crippen molar-refractivity contribution in [2.75, 3.05) is 11.0 Å². The molecule has 4 atom stereocenters. The number of carbonyl (C=O) groups excluding carboxylic acids is 1. The number of carboxylic acid groups (broad SMARTS) is 1. The fourth-order valence-electron chi connectivity index (χ4n) is 5.84. The second-order valence-electron chi connectivity index (χ2n) is 10.6. The van der Waals surface area contributed by atoms with Gasteiger partial charge < -0.3 is 10.4 Å². The summed E-state index contributed by atoms with van der Waals surface area (Å²) in [6, 6.07) is 5.34. The predicted molar refractivity (Wildman–Crippen MR) is 140 cm³/mol. The molecule has 5 rings (SSSR count). The third-order valence-corrected chi connectivity index (χ3v) is 9.43. The molecule has 9 heteroatoms. The van der Waals surface area contributed by atoms with Crippen LogP contribution in [0.4, 0.5) is 5.69 Å². The highest BCUT2D eigenvalue weighted by atomic mass is 32.2. The molecule has 2 aromatic rings. The summed E-state index contributed by atoms with van der Waals surface area (Å²) in [5.74, 6) is 0.546. The van der Waals surface area contributed by atoms with Crippen LogP contribution in [0.1, 0.15) is 62.7 Å². The molecule has 0 radical (unpaired) electrons. The molecule has 0 unspecified atom stereocenters. The number of unbranched alkanes of at least 4 members (excludes halogenated alkanes) is 1. The first-order valence-corrected chi connectivity index (χ1v) is 14.9. The van der Waals surface area contributed by atoms with Crippen molar-refractivity contribution in [1.82, 2.24) is 5.32 Å². The Balaban J connectivity index is 1.49. The van der Waals surface area contributed by atoms with Crippen LogP contribution in [0.5, 0.6) is 0 Å². The second kappa shape index (κ2) is 9.93. The zero-order chi connectivity index (χ0) is 25.4. The van der Waals surface area contributed by atoms with Crippen LogP contribution in [0.2, 0.25) is 0 Å². The Hall–Kier alpha value is -2.39. The zero-order valence-corrected chi connectivity index (χ0v) is 22.0. The van der Waals surface area contributed by atoms with Crippen LogP contribution in [0, 0.1) is 23.2 Å². The number of hydrogen-bond donors (Lipinski definition) is 3. The predicted octanol–water partition coefficient (Wildman–Crippen LogP) is 5.25. The van der Waals surface area contributed by atoms with Crippen molar-refractivity contribution in [3.63, 3.8) is 0 Å². The number of carbonyl (C=O) groups is 2. The van der Waals surface area contributed by atoms with E-state index in [0.717, 1.165) is 42.0 Å². The standard InChI is InChI=1S/C26H34N2O5S2/c1-26(2)17-12-16(8-6-4-5-7-9-23(29)30)24(21(26)13-17)27-25(31)20-15-34-22-11-10-18(14-19(20)22)28-35(3,32)33/h4,6,10-11,14-17,21,24,28H,5,7-9,12-13H2,1-3H3,(H,27,31)(H,29,30)/b6-4-/t16-,17-,21-,24+/m0/s1. The van der Waals surface area contributed by atoms with Crippen LogP contribution >= 0.6 is 11.3 Å². The Morgan fingerprint density at radius 2 is 2.00 bits per heavy atom. The summed E-state index contributed by atoms with van der Waals surface area (Å²) in [6.07, 6.45) is 9.95. The molecule has 1 amide bonds. The molecule has 1 heterocycles. The monoisotopic (exact) mass is 518 g/mol. The highest BCUT2D eigenvalue weighted by Crippen LogP contribution is 2.61. The van der Waals surface area contributed by atoms with Gasteiger partial charge in [0.05, 0.1) is 11.8 Å². The van der Waals surface area contributed by atoms with E-state index in [4.69, 9.17) is 5.11 Å². The lowest BCUT2D eigenvalue weighted by Gasteiger charge is -2.62. The maximum Gasteiger partial charge on any atom is 0.303 e. The minimum atomic E-state index is -3.41. The number of allylic oxidation sites excluding steroid dienone is 2. The molecule has 35 heavy (non-hydrogen) atoms. The summed E-state index contributed by atoms with van der Waals surface area (Å²) < 4.78 is 26.7. The van der Waals surface area contributed by atoms with Gasteiger partial charge in [0.25, 0.3) is 5.91 Å². The van der Waals surface area contributed by atoms with Gasteiger partial charge in [-0.1, -0.05) is 26.0 Å². The topological polar surface area (TPSA) is 113 Å². The Kier molecular flexibility index (Phi) is 7.29. The fraction of sp³-hybridized carbons (Fsp3) is 0.538. The second-order valence-corrected chi connectivity index (χ2v) is 13.2. The van der Waals surface area contributed by atoms with E-state index in [2.05, 4.69) is 36.0 Å². The van der Waals surface area contributed by atoms with Crippen molar-refractivity contribution in [3.8, 4) is 0 Å². The Labute approximate surface area is 211 Å². The van der Waals surface area contributed by atoms with Crippen molar-refractivity contribution in [1.29, 1.82) is 0 Å². The Bertz CT molecular complexity index is 1250. The molecule has 3 aliphatic carbocycles. The number of anilines is 1. The first-order chi connectivity index (χ1) is 16.5. The molecule has 0 spiro atoms. The van der Waals surface area contributed by atoms with E-state index >= 15 is 0 Å². The minimum Gasteiger partial charge on any atom is -0.481 e. The molecule has 3 fully saturated rings. The van der Waals surface area contributed by atoms with Crippen LogP contribution in [0.15, 0.2) is 35.7 Å². The average molecular weight is 519 g/mol. The molecular formula is C26H34N2O5S2. The zero-order valence-electron chi connectivity index (χ0n) is 20.4. The van der Waals surface area contributed by atoms with Gasteiger partial charge in [-0.3, -0.25) is 14.3 Å². The van der Waals surface area contributed by atoms with Gasteiger partial charge in [-0.05, 0) is 73.5 Å². The Morgan fingerprint density at radius 3 is 2.69 bits per heavy atom. The lowest BCUT2D eigenvalue weighted by molar-refractivity contribution is -0.137. The molecular weight excluding hydrogens is 484 g/mol. The van der Waals surface area contributed by atoms with Gasteiger partial charge in [-0.25, -0.2) is 8.42 Å². The van der Waals surface area contributed by atoms with Gasteiger partial charge in [0.2, 0.25) is 10.0 Å². The molecule has 1 aromatic heterocycles.